The van der Waals surface area contributed by atoms with Gasteiger partial charge in [0.25, 0.3) is 0 Å². The van der Waals surface area contributed by atoms with Crippen LogP contribution in [0, 0.1) is 0 Å². The Labute approximate surface area is 148 Å². The van der Waals surface area contributed by atoms with Gasteiger partial charge in [0, 0.05) is 18.2 Å². The summed E-state index contributed by atoms with van der Waals surface area (Å²) in [6, 6.07) is 24.5. The molecular formula is C22H23NO2. The Hall–Kier alpha value is -2.65. The van der Waals surface area contributed by atoms with Crippen LogP contribution in [-0.2, 0) is 0 Å². The monoisotopic (exact) mass is 333 g/mol. The first-order valence-corrected chi connectivity index (χ1v) is 8.73. The Kier molecular flexibility index (Phi) is 6.18. The molecule has 25 heavy (non-hydrogen) atoms. The molecule has 1 N–H and O–H groups in total. The first-order valence-electron chi connectivity index (χ1n) is 8.73. The molecule has 1 heterocycles. The number of aromatic nitrogens is 1. The number of rotatable bonds is 8. The lowest BCUT2D eigenvalue weighted by atomic mass is 10.0. The Morgan fingerprint density at radius 2 is 1.40 bits per heavy atom. The Morgan fingerprint density at radius 1 is 0.720 bits per heavy atom. The highest BCUT2D eigenvalue weighted by atomic mass is 16.5. The van der Waals surface area contributed by atoms with Crippen LogP contribution < -0.4 is 4.74 Å². The van der Waals surface area contributed by atoms with Gasteiger partial charge in [-0.15, -0.1) is 0 Å². The number of hydrogen-bond donors (Lipinski definition) is 1. The molecule has 128 valence electrons. The molecule has 0 bridgehead atoms. The summed E-state index contributed by atoms with van der Waals surface area (Å²) in [5.41, 5.74) is 4.23. The fourth-order valence-electron chi connectivity index (χ4n) is 2.70. The molecule has 2 aromatic carbocycles. The van der Waals surface area contributed by atoms with E-state index in [9.17, 15) is 0 Å². The van der Waals surface area contributed by atoms with Gasteiger partial charge in [0.15, 0.2) is 0 Å². The minimum Gasteiger partial charge on any atom is -0.478 e. The van der Waals surface area contributed by atoms with Gasteiger partial charge in [0.2, 0.25) is 5.88 Å². The van der Waals surface area contributed by atoms with Crippen LogP contribution in [0.25, 0.3) is 22.4 Å². The molecule has 0 amide bonds. The fraction of sp³-hybridized carbons (Fsp3) is 0.227. The van der Waals surface area contributed by atoms with Crippen molar-refractivity contribution in [3.8, 4) is 28.3 Å². The molecule has 0 aliphatic rings. The van der Waals surface area contributed by atoms with Crippen LogP contribution in [0.3, 0.4) is 0 Å². The molecule has 1 aromatic heterocycles. The highest BCUT2D eigenvalue weighted by Gasteiger charge is 2.07. The van der Waals surface area contributed by atoms with Crippen molar-refractivity contribution < 1.29 is 9.84 Å². The van der Waals surface area contributed by atoms with Gasteiger partial charge in [0.05, 0.1) is 12.3 Å². The van der Waals surface area contributed by atoms with Crippen LogP contribution in [0.2, 0.25) is 0 Å². The molecule has 3 rings (SSSR count). The van der Waals surface area contributed by atoms with E-state index >= 15 is 0 Å². The van der Waals surface area contributed by atoms with Crippen molar-refractivity contribution >= 4 is 0 Å². The van der Waals surface area contributed by atoms with Gasteiger partial charge in [0.1, 0.15) is 0 Å². The topological polar surface area (TPSA) is 42.4 Å². The molecule has 0 fully saturated rings. The zero-order chi connectivity index (χ0) is 17.3. The van der Waals surface area contributed by atoms with Crippen molar-refractivity contribution in [2.24, 2.45) is 0 Å². The summed E-state index contributed by atoms with van der Waals surface area (Å²) in [6.45, 7) is 0.847. The predicted octanol–water partition coefficient (Wildman–Crippen LogP) is 4.96. The van der Waals surface area contributed by atoms with E-state index in [0.29, 0.717) is 12.5 Å². The van der Waals surface area contributed by atoms with Crippen molar-refractivity contribution in [2.75, 3.05) is 13.2 Å². The molecule has 0 saturated carbocycles. The second-order valence-electron chi connectivity index (χ2n) is 5.94. The van der Waals surface area contributed by atoms with E-state index in [1.807, 2.05) is 42.5 Å². The number of aliphatic hydroxyl groups is 1. The molecular weight excluding hydrogens is 310 g/mol. The number of benzene rings is 2. The molecule has 3 nitrogen and oxygen atoms in total. The highest BCUT2D eigenvalue weighted by Crippen LogP contribution is 2.28. The minimum atomic E-state index is 0.236. The first-order chi connectivity index (χ1) is 12.4. The Balaban J connectivity index is 1.86. The summed E-state index contributed by atoms with van der Waals surface area (Å²) in [6.07, 6.45) is 2.69. The smallest absolute Gasteiger partial charge is 0.214 e. The maximum absolute atomic E-state index is 8.85. The quantitative estimate of drug-likeness (QED) is 0.593. The summed E-state index contributed by atoms with van der Waals surface area (Å²) >= 11 is 0. The second-order valence-corrected chi connectivity index (χ2v) is 5.94. The normalized spacial score (nSPS) is 10.6. The standard InChI is InChI=1S/C22H23NO2/c24-14-8-3-9-15-25-22-17-20(18-10-4-1-5-11-18)16-21(23-22)19-12-6-2-7-13-19/h1-2,4-7,10-13,16-17,24H,3,8-9,14-15H2. The summed E-state index contributed by atoms with van der Waals surface area (Å²) in [4.78, 5) is 4.68. The third-order valence-corrected chi connectivity index (χ3v) is 4.03. The molecule has 3 aromatic rings. The predicted molar refractivity (Wildman–Crippen MR) is 102 cm³/mol. The second kappa shape index (κ2) is 9.00. The summed E-state index contributed by atoms with van der Waals surface area (Å²) in [7, 11) is 0. The SMILES string of the molecule is OCCCCCOc1cc(-c2ccccc2)cc(-c2ccccc2)n1. The number of nitrogens with zero attached hydrogens (tertiary/aromatic N) is 1. The molecule has 0 aliphatic carbocycles. The molecule has 0 atom stereocenters. The highest BCUT2D eigenvalue weighted by molar-refractivity contribution is 5.71. The lowest BCUT2D eigenvalue weighted by Crippen LogP contribution is -2.01. The van der Waals surface area contributed by atoms with Crippen molar-refractivity contribution in [3.63, 3.8) is 0 Å². The molecule has 3 heteroatoms. The van der Waals surface area contributed by atoms with Crippen molar-refractivity contribution in [2.45, 2.75) is 19.3 Å². The van der Waals surface area contributed by atoms with Gasteiger partial charge in [-0.05, 0) is 36.5 Å². The van der Waals surface area contributed by atoms with Crippen molar-refractivity contribution in [1.82, 2.24) is 4.98 Å². The van der Waals surface area contributed by atoms with Gasteiger partial charge in [-0.3, -0.25) is 0 Å². The number of pyridine rings is 1. The molecule has 0 aliphatic heterocycles. The molecule has 0 spiro atoms. The lowest BCUT2D eigenvalue weighted by molar-refractivity contribution is 0.263. The van der Waals surface area contributed by atoms with Crippen molar-refractivity contribution in [3.05, 3.63) is 72.8 Å². The van der Waals surface area contributed by atoms with E-state index in [0.717, 1.165) is 41.6 Å². The minimum absolute atomic E-state index is 0.236. The first kappa shape index (κ1) is 17.2. The molecule has 0 unspecified atom stereocenters. The van der Waals surface area contributed by atoms with Crippen LogP contribution in [-0.4, -0.2) is 23.3 Å². The van der Waals surface area contributed by atoms with E-state index in [1.165, 1.54) is 0 Å². The molecule has 0 saturated heterocycles. The van der Waals surface area contributed by atoms with Gasteiger partial charge in [-0.1, -0.05) is 60.7 Å². The van der Waals surface area contributed by atoms with Gasteiger partial charge in [-0.25, -0.2) is 4.98 Å². The van der Waals surface area contributed by atoms with E-state index in [4.69, 9.17) is 9.84 Å². The van der Waals surface area contributed by atoms with E-state index < -0.39 is 0 Å². The van der Waals surface area contributed by atoms with Crippen LogP contribution in [0.15, 0.2) is 72.8 Å². The number of aliphatic hydroxyl groups excluding tert-OH is 1. The molecule has 0 radical (unpaired) electrons. The average Bonchev–Trinajstić information content (AvgIpc) is 2.69. The Morgan fingerprint density at radius 3 is 2.08 bits per heavy atom. The summed E-state index contributed by atoms with van der Waals surface area (Å²) in [5, 5.41) is 8.85. The van der Waals surface area contributed by atoms with Gasteiger partial charge in [-0.2, -0.15) is 0 Å². The summed E-state index contributed by atoms with van der Waals surface area (Å²) < 4.78 is 5.88. The third-order valence-electron chi connectivity index (χ3n) is 4.03. The number of unbranched alkanes of at least 4 members (excludes halogenated alkanes) is 2. The maximum Gasteiger partial charge on any atom is 0.214 e. The third kappa shape index (κ3) is 4.91. The number of hydrogen-bond acceptors (Lipinski definition) is 3. The van der Waals surface area contributed by atoms with Gasteiger partial charge >= 0.3 is 0 Å². The van der Waals surface area contributed by atoms with E-state index in [-0.39, 0.29) is 6.61 Å². The van der Waals surface area contributed by atoms with Crippen LogP contribution in [0.5, 0.6) is 5.88 Å². The zero-order valence-corrected chi connectivity index (χ0v) is 14.3. The zero-order valence-electron chi connectivity index (χ0n) is 14.3. The van der Waals surface area contributed by atoms with E-state index in [1.54, 1.807) is 0 Å². The summed E-state index contributed by atoms with van der Waals surface area (Å²) in [5.74, 6) is 0.643. The number of ether oxygens (including phenoxy) is 1. The average molecular weight is 333 g/mol. The van der Waals surface area contributed by atoms with Crippen molar-refractivity contribution in [1.29, 1.82) is 0 Å². The largest absolute Gasteiger partial charge is 0.478 e. The lowest BCUT2D eigenvalue weighted by Gasteiger charge is -2.11. The van der Waals surface area contributed by atoms with Crippen LogP contribution in [0.4, 0.5) is 0 Å². The van der Waals surface area contributed by atoms with Crippen LogP contribution >= 0.6 is 0 Å². The Bertz CT molecular complexity index is 715. The maximum atomic E-state index is 8.85. The van der Waals surface area contributed by atoms with Gasteiger partial charge < -0.3 is 9.84 Å². The fourth-order valence-corrected chi connectivity index (χ4v) is 2.70. The van der Waals surface area contributed by atoms with E-state index in [2.05, 4.69) is 35.3 Å². The van der Waals surface area contributed by atoms with Crippen LogP contribution in [0.1, 0.15) is 19.3 Å².